The number of nitrogens with zero attached hydrogens (tertiary/aromatic N) is 1. The molecule has 3 aromatic rings. The first kappa shape index (κ1) is 16.1. The van der Waals surface area contributed by atoms with Gasteiger partial charge in [0.15, 0.2) is 5.82 Å². The lowest BCUT2D eigenvalue weighted by Crippen LogP contribution is -2.11. The molecule has 0 aliphatic heterocycles. The Kier molecular flexibility index (Phi) is 4.55. The van der Waals surface area contributed by atoms with Crippen LogP contribution in [-0.2, 0) is 4.79 Å². The van der Waals surface area contributed by atoms with E-state index in [0.717, 1.165) is 36.4 Å². The van der Waals surface area contributed by atoms with Crippen LogP contribution in [0.1, 0.15) is 26.2 Å². The first-order chi connectivity index (χ1) is 11.6. The molecule has 6 heteroatoms. The van der Waals surface area contributed by atoms with Gasteiger partial charge in [0.05, 0.1) is 5.52 Å². The number of unbranched alkanes of at least 4 members (excludes halogenated alkanes) is 1. The summed E-state index contributed by atoms with van der Waals surface area (Å²) in [6.07, 6.45) is 2.20. The SMILES string of the molecule is CCCCC(=O)Nc1n[nH]c2cc(-c3cc(F)ccc3F)ccc12. The number of amides is 1. The summed E-state index contributed by atoms with van der Waals surface area (Å²) < 4.78 is 27.3. The molecule has 3 rings (SSSR count). The van der Waals surface area contributed by atoms with Gasteiger partial charge in [-0.3, -0.25) is 9.89 Å². The van der Waals surface area contributed by atoms with Gasteiger partial charge in [0.25, 0.3) is 0 Å². The number of halogens is 2. The molecule has 0 atom stereocenters. The van der Waals surface area contributed by atoms with E-state index in [1.54, 1.807) is 18.2 Å². The summed E-state index contributed by atoms with van der Waals surface area (Å²) in [6, 6.07) is 8.42. The van der Waals surface area contributed by atoms with Crippen LogP contribution in [0.15, 0.2) is 36.4 Å². The van der Waals surface area contributed by atoms with Gasteiger partial charge in [0.2, 0.25) is 5.91 Å². The molecule has 124 valence electrons. The quantitative estimate of drug-likeness (QED) is 0.716. The lowest BCUT2D eigenvalue weighted by Gasteiger charge is -2.05. The van der Waals surface area contributed by atoms with Crippen molar-refractivity contribution in [2.24, 2.45) is 0 Å². The fourth-order valence-corrected chi connectivity index (χ4v) is 2.53. The number of H-pyrrole nitrogens is 1. The minimum absolute atomic E-state index is 0.0921. The molecular formula is C18H17F2N3O. The molecule has 0 fully saturated rings. The Morgan fingerprint density at radius 1 is 1.21 bits per heavy atom. The van der Waals surface area contributed by atoms with E-state index in [1.165, 1.54) is 0 Å². The molecule has 0 saturated heterocycles. The molecule has 1 amide bonds. The second kappa shape index (κ2) is 6.78. The van der Waals surface area contributed by atoms with Gasteiger partial charge in [-0.15, -0.1) is 0 Å². The number of carbonyl (C=O) groups excluding carboxylic acids is 1. The maximum Gasteiger partial charge on any atom is 0.225 e. The van der Waals surface area contributed by atoms with E-state index in [9.17, 15) is 13.6 Å². The highest BCUT2D eigenvalue weighted by atomic mass is 19.1. The predicted octanol–water partition coefficient (Wildman–Crippen LogP) is 4.64. The topological polar surface area (TPSA) is 57.8 Å². The third-order valence-electron chi connectivity index (χ3n) is 3.82. The lowest BCUT2D eigenvalue weighted by atomic mass is 10.0. The van der Waals surface area contributed by atoms with E-state index < -0.39 is 11.6 Å². The summed E-state index contributed by atoms with van der Waals surface area (Å²) in [6.45, 7) is 2.02. The Morgan fingerprint density at radius 2 is 2.04 bits per heavy atom. The Labute approximate surface area is 137 Å². The van der Waals surface area contributed by atoms with Crippen LogP contribution in [0, 0.1) is 11.6 Å². The van der Waals surface area contributed by atoms with Crippen molar-refractivity contribution in [3.8, 4) is 11.1 Å². The monoisotopic (exact) mass is 329 g/mol. The number of hydrogen-bond acceptors (Lipinski definition) is 2. The molecule has 0 radical (unpaired) electrons. The van der Waals surface area contributed by atoms with E-state index in [1.807, 2.05) is 6.92 Å². The molecule has 0 aliphatic rings. The summed E-state index contributed by atoms with van der Waals surface area (Å²) in [5.74, 6) is -0.647. The molecule has 0 aliphatic carbocycles. The number of nitrogens with one attached hydrogen (secondary N) is 2. The Bertz CT molecular complexity index is 889. The molecule has 4 nitrogen and oxygen atoms in total. The average Bonchev–Trinajstić information content (AvgIpc) is 2.97. The third-order valence-corrected chi connectivity index (χ3v) is 3.82. The largest absolute Gasteiger partial charge is 0.309 e. The van der Waals surface area contributed by atoms with Crippen LogP contribution >= 0.6 is 0 Å². The van der Waals surface area contributed by atoms with Crippen LogP contribution < -0.4 is 5.32 Å². The van der Waals surface area contributed by atoms with Crippen molar-refractivity contribution in [2.75, 3.05) is 5.32 Å². The highest BCUT2D eigenvalue weighted by molar-refractivity contribution is 6.00. The highest BCUT2D eigenvalue weighted by Gasteiger charge is 2.12. The summed E-state index contributed by atoms with van der Waals surface area (Å²) in [4.78, 5) is 11.8. The molecule has 2 N–H and O–H groups in total. The molecule has 0 bridgehead atoms. The maximum atomic E-state index is 13.9. The van der Waals surface area contributed by atoms with Gasteiger partial charge in [-0.05, 0) is 42.3 Å². The summed E-state index contributed by atoms with van der Waals surface area (Å²) in [5, 5.41) is 10.4. The average molecular weight is 329 g/mol. The molecule has 0 spiro atoms. The second-order valence-corrected chi connectivity index (χ2v) is 5.61. The van der Waals surface area contributed by atoms with Crippen molar-refractivity contribution in [1.82, 2.24) is 10.2 Å². The molecular weight excluding hydrogens is 312 g/mol. The normalized spacial score (nSPS) is 11.0. The van der Waals surface area contributed by atoms with Gasteiger partial charge in [0.1, 0.15) is 11.6 Å². The number of aromatic amines is 1. The van der Waals surface area contributed by atoms with E-state index in [0.29, 0.717) is 23.3 Å². The van der Waals surface area contributed by atoms with Crippen molar-refractivity contribution in [2.45, 2.75) is 26.2 Å². The van der Waals surface area contributed by atoms with Crippen molar-refractivity contribution in [3.63, 3.8) is 0 Å². The van der Waals surface area contributed by atoms with Crippen LogP contribution in [0.4, 0.5) is 14.6 Å². The molecule has 2 aromatic carbocycles. The van der Waals surface area contributed by atoms with Crippen LogP contribution in [0.5, 0.6) is 0 Å². The first-order valence-electron chi connectivity index (χ1n) is 7.82. The smallest absolute Gasteiger partial charge is 0.225 e. The zero-order chi connectivity index (χ0) is 17.1. The molecule has 1 heterocycles. The predicted molar refractivity (Wildman–Crippen MR) is 89.6 cm³/mol. The third kappa shape index (κ3) is 3.27. The fourth-order valence-electron chi connectivity index (χ4n) is 2.53. The van der Waals surface area contributed by atoms with E-state index in [-0.39, 0.29) is 11.5 Å². The van der Waals surface area contributed by atoms with Gasteiger partial charge in [-0.1, -0.05) is 19.4 Å². The van der Waals surface area contributed by atoms with E-state index >= 15 is 0 Å². The zero-order valence-electron chi connectivity index (χ0n) is 13.2. The Morgan fingerprint density at radius 3 is 2.83 bits per heavy atom. The fraction of sp³-hybridized carbons (Fsp3) is 0.222. The number of carbonyl (C=O) groups is 1. The Balaban J connectivity index is 1.91. The summed E-state index contributed by atoms with van der Waals surface area (Å²) >= 11 is 0. The maximum absolute atomic E-state index is 13.9. The second-order valence-electron chi connectivity index (χ2n) is 5.61. The minimum Gasteiger partial charge on any atom is -0.309 e. The number of aromatic nitrogens is 2. The molecule has 0 unspecified atom stereocenters. The standard InChI is InChI=1S/C18H17F2N3O/c1-2-3-4-17(24)21-18-13-7-5-11(9-16(13)22-23-18)14-10-12(19)6-8-15(14)20/h5-10H,2-4H2,1H3,(H2,21,22,23,24). The number of hydrogen-bond donors (Lipinski definition) is 2. The number of benzene rings is 2. The van der Waals surface area contributed by atoms with Crippen molar-refractivity contribution >= 4 is 22.6 Å². The minimum atomic E-state index is -0.500. The molecule has 0 saturated carbocycles. The van der Waals surface area contributed by atoms with Gasteiger partial charge >= 0.3 is 0 Å². The van der Waals surface area contributed by atoms with Gasteiger partial charge in [-0.25, -0.2) is 8.78 Å². The van der Waals surface area contributed by atoms with Crippen LogP contribution in [0.2, 0.25) is 0 Å². The van der Waals surface area contributed by atoms with Crippen LogP contribution in [0.25, 0.3) is 22.0 Å². The van der Waals surface area contributed by atoms with Gasteiger partial charge < -0.3 is 5.32 Å². The number of rotatable bonds is 5. The van der Waals surface area contributed by atoms with E-state index in [2.05, 4.69) is 15.5 Å². The van der Waals surface area contributed by atoms with Gasteiger partial charge in [-0.2, -0.15) is 5.10 Å². The summed E-state index contributed by atoms with van der Waals surface area (Å²) in [7, 11) is 0. The molecule has 24 heavy (non-hydrogen) atoms. The van der Waals surface area contributed by atoms with Gasteiger partial charge in [0, 0.05) is 17.4 Å². The van der Waals surface area contributed by atoms with Crippen molar-refractivity contribution < 1.29 is 13.6 Å². The molecule has 1 aromatic heterocycles. The first-order valence-corrected chi connectivity index (χ1v) is 7.82. The highest BCUT2D eigenvalue weighted by Crippen LogP contribution is 2.29. The summed E-state index contributed by atoms with van der Waals surface area (Å²) in [5.41, 5.74) is 1.36. The van der Waals surface area contributed by atoms with Crippen molar-refractivity contribution in [3.05, 3.63) is 48.0 Å². The van der Waals surface area contributed by atoms with Crippen molar-refractivity contribution in [1.29, 1.82) is 0 Å². The zero-order valence-corrected chi connectivity index (χ0v) is 13.2. The van der Waals surface area contributed by atoms with Crippen LogP contribution in [0.3, 0.4) is 0 Å². The Hall–Kier alpha value is -2.76. The number of fused-ring (bicyclic) bond motifs is 1. The lowest BCUT2D eigenvalue weighted by molar-refractivity contribution is -0.116. The number of anilines is 1. The van der Waals surface area contributed by atoms with E-state index in [4.69, 9.17) is 0 Å². The van der Waals surface area contributed by atoms with Crippen LogP contribution in [-0.4, -0.2) is 16.1 Å².